The van der Waals surface area contributed by atoms with E-state index in [0.717, 1.165) is 16.2 Å². The van der Waals surface area contributed by atoms with Gasteiger partial charge in [-0.3, -0.25) is 0 Å². The zero-order chi connectivity index (χ0) is 13.2. The summed E-state index contributed by atoms with van der Waals surface area (Å²) in [5, 5.41) is 2.72. The maximum Gasteiger partial charge on any atom is 0.339 e. The molecule has 1 aromatic heterocycles. The highest BCUT2D eigenvalue weighted by molar-refractivity contribution is 6.05. The maximum absolute atomic E-state index is 11.6. The lowest BCUT2D eigenvalue weighted by atomic mass is 10.1. The van der Waals surface area contributed by atoms with Crippen molar-refractivity contribution in [2.45, 2.75) is 0 Å². The zero-order valence-corrected chi connectivity index (χ0v) is 10.3. The number of fused-ring (bicyclic) bond motifs is 3. The summed E-state index contributed by atoms with van der Waals surface area (Å²) < 4.78 is 10.9. The van der Waals surface area contributed by atoms with Crippen molar-refractivity contribution in [2.24, 2.45) is 0 Å². The summed E-state index contributed by atoms with van der Waals surface area (Å²) in [6.07, 6.45) is 1.64. The predicted molar refractivity (Wildman–Crippen MR) is 75.7 cm³/mol. The Hall–Kier alpha value is -2.55. The van der Waals surface area contributed by atoms with Gasteiger partial charge in [-0.1, -0.05) is 43.0 Å². The zero-order valence-electron chi connectivity index (χ0n) is 10.3. The van der Waals surface area contributed by atoms with Gasteiger partial charge in [-0.15, -0.1) is 0 Å². The Balaban J connectivity index is 2.37. The summed E-state index contributed by atoms with van der Waals surface area (Å²) in [7, 11) is 0. The minimum atomic E-state index is -0.414. The molecule has 0 saturated carbocycles. The Bertz CT molecular complexity index is 815. The third-order valence-corrected chi connectivity index (χ3v) is 2.95. The first-order valence-electron chi connectivity index (χ1n) is 5.99. The standard InChI is InChI=1S/C16H12O3/c1-2-9-18-14-10-15(17)19-16-12-6-4-3-5-11(12)7-8-13(14)16/h2-8,10H,1,9H2. The third kappa shape index (κ3) is 1.99. The largest absolute Gasteiger partial charge is 0.489 e. The normalized spacial score (nSPS) is 10.7. The summed E-state index contributed by atoms with van der Waals surface area (Å²) in [6.45, 7) is 3.95. The molecule has 19 heavy (non-hydrogen) atoms. The van der Waals surface area contributed by atoms with Crippen LogP contribution in [-0.2, 0) is 0 Å². The molecule has 0 radical (unpaired) electrons. The highest BCUT2D eigenvalue weighted by atomic mass is 16.5. The molecule has 0 aliphatic heterocycles. The summed E-state index contributed by atoms with van der Waals surface area (Å²) in [4.78, 5) is 11.6. The minimum Gasteiger partial charge on any atom is -0.489 e. The second kappa shape index (κ2) is 4.61. The maximum atomic E-state index is 11.6. The Morgan fingerprint density at radius 3 is 2.84 bits per heavy atom. The Morgan fingerprint density at radius 1 is 1.16 bits per heavy atom. The molecular weight excluding hydrogens is 240 g/mol. The van der Waals surface area contributed by atoms with E-state index in [1.165, 1.54) is 6.07 Å². The van der Waals surface area contributed by atoms with Crippen molar-refractivity contribution in [3.05, 3.63) is 65.5 Å². The van der Waals surface area contributed by atoms with Crippen molar-refractivity contribution >= 4 is 21.7 Å². The lowest BCUT2D eigenvalue weighted by Crippen LogP contribution is -2.01. The second-order valence-corrected chi connectivity index (χ2v) is 4.19. The first-order chi connectivity index (χ1) is 9.29. The smallest absolute Gasteiger partial charge is 0.339 e. The van der Waals surface area contributed by atoms with Gasteiger partial charge >= 0.3 is 5.63 Å². The molecule has 0 spiro atoms. The number of benzene rings is 2. The van der Waals surface area contributed by atoms with E-state index in [4.69, 9.17) is 9.15 Å². The monoisotopic (exact) mass is 252 g/mol. The average Bonchev–Trinajstić information content (AvgIpc) is 2.44. The Kier molecular flexibility index (Phi) is 2.80. The van der Waals surface area contributed by atoms with Gasteiger partial charge < -0.3 is 9.15 Å². The van der Waals surface area contributed by atoms with Crippen molar-refractivity contribution in [3.8, 4) is 5.75 Å². The van der Waals surface area contributed by atoms with Crippen LogP contribution in [0.4, 0.5) is 0 Å². The van der Waals surface area contributed by atoms with Crippen LogP contribution in [0.25, 0.3) is 21.7 Å². The molecular formula is C16H12O3. The van der Waals surface area contributed by atoms with Crippen LogP contribution in [0.15, 0.2) is 64.3 Å². The van der Waals surface area contributed by atoms with Crippen LogP contribution >= 0.6 is 0 Å². The van der Waals surface area contributed by atoms with Gasteiger partial charge in [0.15, 0.2) is 0 Å². The molecule has 0 aliphatic carbocycles. The van der Waals surface area contributed by atoms with Gasteiger partial charge in [-0.05, 0) is 11.5 Å². The van der Waals surface area contributed by atoms with Crippen molar-refractivity contribution < 1.29 is 9.15 Å². The van der Waals surface area contributed by atoms with E-state index in [1.54, 1.807) is 6.08 Å². The number of ether oxygens (including phenoxy) is 1. The first kappa shape index (κ1) is 11.5. The summed E-state index contributed by atoms with van der Waals surface area (Å²) in [6, 6.07) is 13.0. The topological polar surface area (TPSA) is 39.4 Å². The van der Waals surface area contributed by atoms with E-state index in [0.29, 0.717) is 17.9 Å². The average molecular weight is 252 g/mol. The van der Waals surface area contributed by atoms with Gasteiger partial charge in [0, 0.05) is 5.39 Å². The van der Waals surface area contributed by atoms with E-state index in [-0.39, 0.29) is 0 Å². The van der Waals surface area contributed by atoms with Gasteiger partial charge in [0.2, 0.25) is 0 Å². The fourth-order valence-corrected chi connectivity index (χ4v) is 2.13. The molecule has 0 atom stereocenters. The molecule has 94 valence electrons. The van der Waals surface area contributed by atoms with Gasteiger partial charge in [-0.2, -0.15) is 0 Å². The van der Waals surface area contributed by atoms with E-state index < -0.39 is 5.63 Å². The van der Waals surface area contributed by atoms with Gasteiger partial charge in [0.25, 0.3) is 0 Å². The molecule has 3 rings (SSSR count). The Labute approximate surface area is 109 Å². The number of hydrogen-bond acceptors (Lipinski definition) is 3. The SMILES string of the molecule is C=CCOc1cc(=O)oc2c1ccc1ccccc12. The van der Waals surface area contributed by atoms with Crippen LogP contribution in [0.2, 0.25) is 0 Å². The first-order valence-corrected chi connectivity index (χ1v) is 5.99. The van der Waals surface area contributed by atoms with Crippen LogP contribution in [0.5, 0.6) is 5.75 Å². The lowest BCUT2D eigenvalue weighted by Gasteiger charge is -2.08. The predicted octanol–water partition coefficient (Wildman–Crippen LogP) is 3.51. The third-order valence-electron chi connectivity index (χ3n) is 2.95. The van der Waals surface area contributed by atoms with Crippen LogP contribution in [0, 0.1) is 0 Å². The second-order valence-electron chi connectivity index (χ2n) is 4.19. The van der Waals surface area contributed by atoms with E-state index in [9.17, 15) is 4.79 Å². The van der Waals surface area contributed by atoms with Crippen molar-refractivity contribution in [1.29, 1.82) is 0 Å². The molecule has 2 aromatic carbocycles. The molecule has 0 aliphatic rings. The van der Waals surface area contributed by atoms with Gasteiger partial charge in [0.1, 0.15) is 17.9 Å². The van der Waals surface area contributed by atoms with E-state index in [1.807, 2.05) is 36.4 Å². The van der Waals surface area contributed by atoms with Crippen LogP contribution < -0.4 is 10.4 Å². The van der Waals surface area contributed by atoms with E-state index in [2.05, 4.69) is 6.58 Å². The van der Waals surface area contributed by atoms with Crippen LogP contribution in [-0.4, -0.2) is 6.61 Å². The number of rotatable bonds is 3. The van der Waals surface area contributed by atoms with E-state index >= 15 is 0 Å². The quantitative estimate of drug-likeness (QED) is 0.407. The fourth-order valence-electron chi connectivity index (χ4n) is 2.13. The summed E-state index contributed by atoms with van der Waals surface area (Å²) >= 11 is 0. The summed E-state index contributed by atoms with van der Waals surface area (Å²) in [5.74, 6) is 0.525. The molecule has 0 fully saturated rings. The number of hydrogen-bond donors (Lipinski definition) is 0. The van der Waals surface area contributed by atoms with Gasteiger partial charge in [0.05, 0.1) is 11.5 Å². The fraction of sp³-hybridized carbons (Fsp3) is 0.0625. The molecule has 0 N–H and O–H groups in total. The molecule has 3 nitrogen and oxygen atoms in total. The molecule has 3 aromatic rings. The molecule has 0 unspecified atom stereocenters. The highest BCUT2D eigenvalue weighted by Crippen LogP contribution is 2.30. The van der Waals surface area contributed by atoms with Crippen molar-refractivity contribution in [1.82, 2.24) is 0 Å². The van der Waals surface area contributed by atoms with Crippen molar-refractivity contribution in [2.75, 3.05) is 6.61 Å². The Morgan fingerprint density at radius 2 is 2.00 bits per heavy atom. The minimum absolute atomic E-state index is 0.353. The van der Waals surface area contributed by atoms with Crippen LogP contribution in [0.1, 0.15) is 0 Å². The van der Waals surface area contributed by atoms with Crippen LogP contribution in [0.3, 0.4) is 0 Å². The summed E-state index contributed by atoms with van der Waals surface area (Å²) in [5.41, 5.74) is 0.146. The van der Waals surface area contributed by atoms with Gasteiger partial charge in [-0.25, -0.2) is 4.79 Å². The lowest BCUT2D eigenvalue weighted by molar-refractivity contribution is 0.363. The molecule has 0 saturated heterocycles. The highest BCUT2D eigenvalue weighted by Gasteiger charge is 2.09. The molecule has 0 bridgehead atoms. The molecule has 0 amide bonds. The van der Waals surface area contributed by atoms with Crippen molar-refractivity contribution in [3.63, 3.8) is 0 Å². The molecule has 1 heterocycles. The molecule has 3 heteroatoms.